The Morgan fingerprint density at radius 3 is 2.43 bits per heavy atom. The predicted molar refractivity (Wildman–Crippen MR) is 119 cm³/mol. The molecule has 1 aliphatic carbocycles. The summed E-state index contributed by atoms with van der Waals surface area (Å²) in [6, 6.07) is 10.3. The minimum atomic E-state index is -1.87. The molecule has 0 aromatic heterocycles. The van der Waals surface area contributed by atoms with Crippen LogP contribution in [0.15, 0.2) is 30.3 Å². The molecule has 0 bridgehead atoms. The van der Waals surface area contributed by atoms with E-state index >= 15 is 0 Å². The molecule has 0 spiro atoms. The van der Waals surface area contributed by atoms with Crippen LogP contribution in [0.2, 0.25) is 18.1 Å². The molecular weight excluding hydrogens is 364 g/mol. The molecule has 0 N–H and O–H groups in total. The van der Waals surface area contributed by atoms with Crippen molar-refractivity contribution in [2.45, 2.75) is 78.6 Å². The first-order valence-electron chi connectivity index (χ1n) is 10.8. The van der Waals surface area contributed by atoms with E-state index < -0.39 is 8.32 Å². The molecule has 1 aromatic rings. The summed E-state index contributed by atoms with van der Waals surface area (Å²) in [5.74, 6) is 0.853. The highest BCUT2D eigenvalue weighted by Gasteiger charge is 2.47. The second kappa shape index (κ2) is 9.23. The molecule has 1 saturated carbocycles. The van der Waals surface area contributed by atoms with Gasteiger partial charge in [-0.1, -0.05) is 65.0 Å². The molecule has 3 nitrogen and oxygen atoms in total. The highest BCUT2D eigenvalue weighted by Crippen LogP contribution is 2.47. The molecule has 1 fully saturated rings. The Kier molecular flexibility index (Phi) is 7.68. The molecule has 3 atom stereocenters. The van der Waals surface area contributed by atoms with Crippen LogP contribution in [-0.2, 0) is 20.6 Å². The number of carbonyl (C=O) groups is 1. The van der Waals surface area contributed by atoms with Crippen LogP contribution >= 0.6 is 0 Å². The topological polar surface area (TPSA) is 35.5 Å². The third-order valence-electron chi connectivity index (χ3n) is 7.45. The minimum Gasteiger partial charge on any atom is -0.416 e. The third-order valence-corrected chi connectivity index (χ3v) is 11.9. The number of benzene rings is 1. The van der Waals surface area contributed by atoms with Crippen LogP contribution in [0.5, 0.6) is 0 Å². The molecule has 2 rings (SSSR count). The SMILES string of the molecule is C[C@@H]1CCC(=O)[C@H](CO[Si](C)(C)C(C)(C)C)[C@]1(C)CCOCc1ccccc1. The van der Waals surface area contributed by atoms with Gasteiger partial charge >= 0.3 is 0 Å². The van der Waals surface area contributed by atoms with E-state index in [4.69, 9.17) is 9.16 Å². The molecule has 0 radical (unpaired) electrons. The van der Waals surface area contributed by atoms with Crippen LogP contribution in [0.1, 0.15) is 59.4 Å². The van der Waals surface area contributed by atoms with Crippen molar-refractivity contribution < 1.29 is 14.0 Å². The quantitative estimate of drug-likeness (QED) is 0.380. The maximum Gasteiger partial charge on any atom is 0.192 e. The van der Waals surface area contributed by atoms with E-state index in [1.165, 1.54) is 5.56 Å². The standard InChI is InChI=1S/C24H40O3Si/c1-19-13-14-22(25)21(18-27-28(6,7)23(2,3)4)24(19,5)15-16-26-17-20-11-9-8-10-12-20/h8-12,19,21H,13-18H2,1-7H3/t19-,21+,24-/m1/s1. The zero-order chi connectivity index (χ0) is 21.0. The molecule has 0 unspecified atom stereocenters. The molecule has 0 heterocycles. The first-order chi connectivity index (χ1) is 13.0. The van der Waals surface area contributed by atoms with Gasteiger partial charge in [0.25, 0.3) is 0 Å². The smallest absolute Gasteiger partial charge is 0.192 e. The van der Waals surface area contributed by atoms with Crippen LogP contribution in [-0.4, -0.2) is 27.3 Å². The van der Waals surface area contributed by atoms with Crippen molar-refractivity contribution in [1.29, 1.82) is 0 Å². The van der Waals surface area contributed by atoms with Gasteiger partial charge in [0, 0.05) is 25.6 Å². The van der Waals surface area contributed by atoms with E-state index in [1.54, 1.807) is 0 Å². The van der Waals surface area contributed by atoms with Crippen molar-refractivity contribution in [3.05, 3.63) is 35.9 Å². The molecule has 28 heavy (non-hydrogen) atoms. The van der Waals surface area contributed by atoms with E-state index in [0.29, 0.717) is 37.9 Å². The van der Waals surface area contributed by atoms with E-state index in [0.717, 1.165) is 12.8 Å². The largest absolute Gasteiger partial charge is 0.416 e. The molecule has 1 aliphatic rings. The van der Waals surface area contributed by atoms with E-state index in [-0.39, 0.29) is 16.4 Å². The summed E-state index contributed by atoms with van der Waals surface area (Å²) in [4.78, 5) is 12.9. The Balaban J connectivity index is 2.01. The molecule has 0 amide bonds. The van der Waals surface area contributed by atoms with Crippen LogP contribution in [0.3, 0.4) is 0 Å². The number of carbonyl (C=O) groups excluding carboxylic acids is 1. The Bertz CT molecular complexity index is 635. The molecule has 0 saturated heterocycles. The van der Waals surface area contributed by atoms with Gasteiger partial charge in [-0.05, 0) is 47.9 Å². The fraction of sp³-hybridized carbons (Fsp3) is 0.708. The van der Waals surface area contributed by atoms with Gasteiger partial charge in [0.05, 0.1) is 6.61 Å². The number of ether oxygens (including phenoxy) is 1. The number of hydrogen-bond acceptors (Lipinski definition) is 3. The Hall–Kier alpha value is -0.973. The average Bonchev–Trinajstić information content (AvgIpc) is 2.62. The van der Waals surface area contributed by atoms with Crippen LogP contribution in [0, 0.1) is 17.3 Å². The average molecular weight is 405 g/mol. The van der Waals surface area contributed by atoms with Crippen LogP contribution in [0.25, 0.3) is 0 Å². The summed E-state index contributed by atoms with van der Waals surface area (Å²) in [5.41, 5.74) is 1.13. The van der Waals surface area contributed by atoms with E-state index in [1.807, 2.05) is 18.2 Å². The van der Waals surface area contributed by atoms with Crippen molar-refractivity contribution in [2.75, 3.05) is 13.2 Å². The van der Waals surface area contributed by atoms with Crippen LogP contribution < -0.4 is 0 Å². The van der Waals surface area contributed by atoms with E-state index in [2.05, 4.69) is 59.8 Å². The second-order valence-electron chi connectivity index (χ2n) is 10.3. The Morgan fingerprint density at radius 2 is 1.82 bits per heavy atom. The summed E-state index contributed by atoms with van der Waals surface area (Å²) < 4.78 is 12.5. The predicted octanol–water partition coefficient (Wildman–Crippen LogP) is 6.24. The summed E-state index contributed by atoms with van der Waals surface area (Å²) in [7, 11) is -1.87. The first kappa shape index (κ1) is 23.3. The third kappa shape index (κ3) is 5.55. The van der Waals surface area contributed by atoms with Crippen molar-refractivity contribution in [3.63, 3.8) is 0 Å². The number of ketones is 1. The monoisotopic (exact) mass is 404 g/mol. The van der Waals surface area contributed by atoms with Gasteiger partial charge in [-0.15, -0.1) is 0 Å². The fourth-order valence-electron chi connectivity index (χ4n) is 3.84. The van der Waals surface area contributed by atoms with Gasteiger partial charge < -0.3 is 9.16 Å². The van der Waals surface area contributed by atoms with Crippen molar-refractivity contribution >= 4 is 14.1 Å². The minimum absolute atomic E-state index is 0.0225. The molecular formula is C24H40O3Si. The first-order valence-corrected chi connectivity index (χ1v) is 13.7. The number of rotatable bonds is 8. The molecule has 4 heteroatoms. The van der Waals surface area contributed by atoms with E-state index in [9.17, 15) is 4.79 Å². The zero-order valence-corrected chi connectivity index (χ0v) is 20.0. The van der Waals surface area contributed by atoms with Crippen LogP contribution in [0.4, 0.5) is 0 Å². The summed E-state index contributed by atoms with van der Waals surface area (Å²) in [5, 5.41) is 0.158. The lowest BCUT2D eigenvalue weighted by Gasteiger charge is -2.47. The Labute approximate surface area is 173 Å². The number of Topliss-reactive ketones (excluding diaryl/α,β-unsaturated/α-hetero) is 1. The van der Waals surface area contributed by atoms with Gasteiger partial charge in [-0.3, -0.25) is 4.79 Å². The van der Waals surface area contributed by atoms with Gasteiger partial charge in [-0.2, -0.15) is 0 Å². The van der Waals surface area contributed by atoms with Crippen molar-refractivity contribution in [3.8, 4) is 0 Å². The zero-order valence-electron chi connectivity index (χ0n) is 19.0. The highest BCUT2D eigenvalue weighted by atomic mass is 28.4. The fourth-order valence-corrected chi connectivity index (χ4v) is 4.86. The van der Waals surface area contributed by atoms with Gasteiger partial charge in [0.1, 0.15) is 5.78 Å². The maximum atomic E-state index is 12.9. The lowest BCUT2D eigenvalue weighted by Crippen LogP contribution is -2.49. The van der Waals surface area contributed by atoms with Crippen molar-refractivity contribution in [1.82, 2.24) is 0 Å². The normalized spacial score (nSPS) is 26.5. The molecule has 0 aliphatic heterocycles. The van der Waals surface area contributed by atoms with Gasteiger partial charge in [0.2, 0.25) is 0 Å². The van der Waals surface area contributed by atoms with Gasteiger partial charge in [-0.25, -0.2) is 0 Å². The Morgan fingerprint density at radius 1 is 1.18 bits per heavy atom. The summed E-state index contributed by atoms with van der Waals surface area (Å²) >= 11 is 0. The number of hydrogen-bond donors (Lipinski definition) is 0. The summed E-state index contributed by atoms with van der Waals surface area (Å²) in [6.07, 6.45) is 2.57. The molecule has 1 aromatic carbocycles. The lowest BCUT2D eigenvalue weighted by atomic mass is 9.60. The van der Waals surface area contributed by atoms with Crippen molar-refractivity contribution in [2.24, 2.45) is 17.3 Å². The maximum absolute atomic E-state index is 12.9. The second-order valence-corrected chi connectivity index (χ2v) is 15.1. The molecule has 158 valence electrons. The summed E-state index contributed by atoms with van der Waals surface area (Å²) in [6.45, 7) is 17.7. The lowest BCUT2D eigenvalue weighted by molar-refractivity contribution is -0.136. The highest BCUT2D eigenvalue weighted by molar-refractivity contribution is 6.74. The van der Waals surface area contributed by atoms with Gasteiger partial charge in [0.15, 0.2) is 8.32 Å².